The van der Waals surface area contributed by atoms with Crippen LogP contribution in [-0.4, -0.2) is 24.6 Å². The number of hydrogen-bond donors (Lipinski definition) is 0. The number of nitrogens with zero attached hydrogens (tertiary/aromatic N) is 2. The fourth-order valence-corrected chi connectivity index (χ4v) is 3.15. The van der Waals surface area contributed by atoms with Crippen LogP contribution in [0.2, 0.25) is 0 Å². The Labute approximate surface area is 126 Å². The molecule has 3 rings (SSSR count). The van der Waals surface area contributed by atoms with E-state index in [-0.39, 0.29) is 0 Å². The standard InChI is InChI=1S/C18H20N2O/c19-14-15-8-9-18-16(13-15)5-4-10-20(18)11-12-21-17-6-2-1-3-7-17/h1-3,6-9,16H,4-5,10-13H2. The minimum atomic E-state index is 0.523. The van der Waals surface area contributed by atoms with Crippen molar-refractivity contribution >= 4 is 0 Å². The van der Waals surface area contributed by atoms with E-state index >= 15 is 0 Å². The lowest BCUT2D eigenvalue weighted by Crippen LogP contribution is -2.37. The van der Waals surface area contributed by atoms with Crippen LogP contribution in [0.5, 0.6) is 5.75 Å². The van der Waals surface area contributed by atoms with Crippen molar-refractivity contribution in [3.8, 4) is 11.8 Å². The summed E-state index contributed by atoms with van der Waals surface area (Å²) >= 11 is 0. The fraction of sp³-hybridized carbons (Fsp3) is 0.389. The van der Waals surface area contributed by atoms with Gasteiger partial charge in [0.2, 0.25) is 0 Å². The van der Waals surface area contributed by atoms with Gasteiger partial charge >= 0.3 is 0 Å². The topological polar surface area (TPSA) is 36.3 Å². The molecule has 0 aromatic heterocycles. The lowest BCUT2D eigenvalue weighted by Gasteiger charge is -2.38. The molecule has 3 heteroatoms. The molecule has 1 aromatic rings. The van der Waals surface area contributed by atoms with Gasteiger partial charge in [0.25, 0.3) is 0 Å². The van der Waals surface area contributed by atoms with E-state index in [1.54, 1.807) is 0 Å². The number of fused-ring (bicyclic) bond motifs is 1. The van der Waals surface area contributed by atoms with Gasteiger partial charge in [-0.1, -0.05) is 18.2 Å². The van der Waals surface area contributed by atoms with Crippen molar-refractivity contribution < 1.29 is 4.74 Å². The molecule has 1 unspecified atom stereocenters. The van der Waals surface area contributed by atoms with Crippen LogP contribution >= 0.6 is 0 Å². The van der Waals surface area contributed by atoms with E-state index in [9.17, 15) is 0 Å². The third-order valence-electron chi connectivity index (χ3n) is 4.20. The van der Waals surface area contributed by atoms with Gasteiger partial charge in [-0.3, -0.25) is 0 Å². The van der Waals surface area contributed by atoms with Gasteiger partial charge in [0.15, 0.2) is 0 Å². The van der Waals surface area contributed by atoms with Gasteiger partial charge < -0.3 is 9.64 Å². The van der Waals surface area contributed by atoms with Crippen LogP contribution in [0.1, 0.15) is 19.3 Å². The summed E-state index contributed by atoms with van der Waals surface area (Å²) in [4.78, 5) is 2.42. The average molecular weight is 280 g/mol. The minimum Gasteiger partial charge on any atom is -0.492 e. The molecule has 108 valence electrons. The molecule has 21 heavy (non-hydrogen) atoms. The molecular weight excluding hydrogens is 260 g/mol. The molecule has 1 atom stereocenters. The van der Waals surface area contributed by atoms with Crippen molar-refractivity contribution in [2.24, 2.45) is 5.92 Å². The van der Waals surface area contributed by atoms with Gasteiger partial charge in [-0.05, 0) is 43.5 Å². The SMILES string of the molecule is N#CC1=CC=C2C(CCCN2CCOc2ccccc2)C1. The normalized spacial score (nSPS) is 20.9. The number of piperidine rings is 1. The highest BCUT2D eigenvalue weighted by molar-refractivity contribution is 5.34. The van der Waals surface area contributed by atoms with Gasteiger partial charge in [0.1, 0.15) is 12.4 Å². The molecule has 1 aliphatic heterocycles. The summed E-state index contributed by atoms with van der Waals surface area (Å²) in [6.45, 7) is 2.70. The average Bonchev–Trinajstić information content (AvgIpc) is 2.55. The van der Waals surface area contributed by atoms with Gasteiger partial charge in [0.05, 0.1) is 12.6 Å². The van der Waals surface area contributed by atoms with Crippen molar-refractivity contribution in [3.63, 3.8) is 0 Å². The number of ether oxygens (including phenoxy) is 1. The number of para-hydroxylation sites is 1. The lowest BCUT2D eigenvalue weighted by molar-refractivity contribution is 0.195. The van der Waals surface area contributed by atoms with E-state index in [1.807, 2.05) is 36.4 Å². The second kappa shape index (κ2) is 6.49. The van der Waals surface area contributed by atoms with Crippen molar-refractivity contribution in [3.05, 3.63) is 53.8 Å². The molecule has 0 saturated carbocycles. The first-order valence-corrected chi connectivity index (χ1v) is 7.60. The van der Waals surface area contributed by atoms with Gasteiger partial charge in [-0.25, -0.2) is 0 Å². The van der Waals surface area contributed by atoms with E-state index in [0.29, 0.717) is 12.5 Å². The summed E-state index contributed by atoms with van der Waals surface area (Å²) in [5, 5.41) is 9.03. The van der Waals surface area contributed by atoms with Crippen LogP contribution in [0.4, 0.5) is 0 Å². The molecular formula is C18H20N2O. The lowest BCUT2D eigenvalue weighted by atomic mass is 9.84. The molecule has 1 aliphatic carbocycles. The van der Waals surface area contributed by atoms with Crippen LogP contribution in [0.15, 0.2) is 53.8 Å². The van der Waals surface area contributed by atoms with Crippen molar-refractivity contribution in [1.29, 1.82) is 5.26 Å². The number of likely N-dealkylation sites (tertiary alicyclic amines) is 1. The second-order valence-corrected chi connectivity index (χ2v) is 5.59. The predicted octanol–water partition coefficient (Wildman–Crippen LogP) is 3.51. The van der Waals surface area contributed by atoms with Gasteiger partial charge in [-0.2, -0.15) is 5.26 Å². The first-order chi connectivity index (χ1) is 10.4. The molecule has 1 fully saturated rings. The Morgan fingerprint density at radius 1 is 1.24 bits per heavy atom. The maximum Gasteiger partial charge on any atom is 0.119 e. The Bertz CT molecular complexity index is 583. The first kappa shape index (κ1) is 13.8. The van der Waals surface area contributed by atoms with E-state index in [1.165, 1.54) is 18.5 Å². The van der Waals surface area contributed by atoms with Crippen molar-refractivity contribution in [2.75, 3.05) is 19.7 Å². The Kier molecular flexibility index (Phi) is 4.25. The molecule has 0 N–H and O–H groups in total. The highest BCUT2D eigenvalue weighted by Gasteiger charge is 2.27. The number of benzene rings is 1. The quantitative estimate of drug-likeness (QED) is 0.846. The number of allylic oxidation sites excluding steroid dienone is 4. The number of rotatable bonds is 4. The summed E-state index contributed by atoms with van der Waals surface area (Å²) < 4.78 is 5.79. The second-order valence-electron chi connectivity index (χ2n) is 5.59. The van der Waals surface area contributed by atoms with Crippen LogP contribution < -0.4 is 4.74 Å². The molecule has 0 amide bonds. The Morgan fingerprint density at radius 2 is 2.10 bits per heavy atom. The molecule has 0 radical (unpaired) electrons. The summed E-state index contributed by atoms with van der Waals surface area (Å²) in [7, 11) is 0. The molecule has 2 aliphatic rings. The largest absolute Gasteiger partial charge is 0.492 e. The highest BCUT2D eigenvalue weighted by Crippen LogP contribution is 2.34. The Morgan fingerprint density at radius 3 is 2.90 bits per heavy atom. The van der Waals surface area contributed by atoms with E-state index in [0.717, 1.165) is 30.8 Å². The first-order valence-electron chi connectivity index (χ1n) is 7.60. The molecule has 1 saturated heterocycles. The maximum atomic E-state index is 9.03. The van der Waals surface area contributed by atoms with E-state index < -0.39 is 0 Å². The summed E-state index contributed by atoms with van der Waals surface area (Å²) in [5.41, 5.74) is 2.29. The molecule has 3 nitrogen and oxygen atoms in total. The smallest absolute Gasteiger partial charge is 0.119 e. The predicted molar refractivity (Wildman–Crippen MR) is 82.6 cm³/mol. The van der Waals surface area contributed by atoms with Crippen LogP contribution in [0.25, 0.3) is 0 Å². The molecule has 0 spiro atoms. The zero-order chi connectivity index (χ0) is 14.5. The Balaban J connectivity index is 1.59. The molecule has 1 aromatic carbocycles. The zero-order valence-corrected chi connectivity index (χ0v) is 12.2. The van der Waals surface area contributed by atoms with Crippen molar-refractivity contribution in [2.45, 2.75) is 19.3 Å². The van der Waals surface area contributed by atoms with Gasteiger partial charge in [-0.15, -0.1) is 0 Å². The van der Waals surface area contributed by atoms with E-state index in [2.05, 4.69) is 17.0 Å². The maximum absolute atomic E-state index is 9.03. The monoisotopic (exact) mass is 280 g/mol. The molecule has 0 bridgehead atoms. The van der Waals surface area contributed by atoms with Crippen molar-refractivity contribution in [1.82, 2.24) is 4.90 Å². The summed E-state index contributed by atoms with van der Waals surface area (Å²) in [6, 6.07) is 12.2. The zero-order valence-electron chi connectivity index (χ0n) is 12.2. The van der Waals surface area contributed by atoms with E-state index in [4.69, 9.17) is 10.00 Å². The van der Waals surface area contributed by atoms with Crippen LogP contribution in [-0.2, 0) is 0 Å². The highest BCUT2D eigenvalue weighted by atomic mass is 16.5. The number of nitriles is 1. The third kappa shape index (κ3) is 3.28. The third-order valence-corrected chi connectivity index (χ3v) is 4.20. The van der Waals surface area contributed by atoms with Crippen LogP contribution in [0, 0.1) is 17.2 Å². The Hall–Kier alpha value is -2.21. The molecule has 1 heterocycles. The summed E-state index contributed by atoms with van der Waals surface area (Å²) in [6.07, 6.45) is 7.40. The summed E-state index contributed by atoms with van der Waals surface area (Å²) in [5.74, 6) is 1.45. The fourth-order valence-electron chi connectivity index (χ4n) is 3.15. The van der Waals surface area contributed by atoms with Gasteiger partial charge in [0, 0.05) is 23.7 Å². The minimum absolute atomic E-state index is 0.523. The number of hydrogen-bond acceptors (Lipinski definition) is 3. The van der Waals surface area contributed by atoms with Crippen LogP contribution in [0.3, 0.4) is 0 Å².